The van der Waals surface area contributed by atoms with Crippen molar-refractivity contribution in [3.05, 3.63) is 10.1 Å². The molecule has 8 heteroatoms. The average Bonchev–Trinajstić information content (AvgIpc) is 2.17. The number of nitrogens with zero attached hydrogens (tertiary/aromatic N) is 1. The first-order valence-corrected chi connectivity index (χ1v) is 4.46. The molecule has 0 saturated heterocycles. The van der Waals surface area contributed by atoms with Gasteiger partial charge in [-0.05, 0) is 13.8 Å². The van der Waals surface area contributed by atoms with E-state index in [1.807, 2.05) is 0 Å². The van der Waals surface area contributed by atoms with E-state index in [4.69, 9.17) is 0 Å². The topological polar surface area (TPSA) is 113 Å². The van der Waals surface area contributed by atoms with Crippen molar-refractivity contribution in [1.82, 2.24) is 0 Å². The Bertz CT molecular complexity index is 312. The van der Waals surface area contributed by atoms with Gasteiger partial charge in [0.25, 0.3) is 0 Å². The third-order valence-corrected chi connectivity index (χ3v) is 1.45. The van der Waals surface area contributed by atoms with Gasteiger partial charge in [0.1, 0.15) is 0 Å². The fourth-order valence-electron chi connectivity index (χ4n) is 0.824. The Kier molecular flexibility index (Phi) is 5.68. The zero-order valence-corrected chi connectivity index (χ0v) is 8.80. The second-order valence-corrected chi connectivity index (χ2v) is 2.52. The fourth-order valence-corrected chi connectivity index (χ4v) is 0.824. The van der Waals surface area contributed by atoms with Crippen LogP contribution in [0.1, 0.15) is 13.8 Å². The van der Waals surface area contributed by atoms with E-state index >= 15 is 0 Å². The van der Waals surface area contributed by atoms with E-state index in [-0.39, 0.29) is 13.2 Å². The van der Waals surface area contributed by atoms with Gasteiger partial charge in [-0.3, -0.25) is 14.9 Å². The molecule has 0 aromatic rings. The Morgan fingerprint density at radius 1 is 1.19 bits per heavy atom. The van der Waals surface area contributed by atoms with Crippen LogP contribution in [0.25, 0.3) is 0 Å². The minimum atomic E-state index is -2.35. The van der Waals surface area contributed by atoms with Crippen molar-refractivity contribution in [3.63, 3.8) is 0 Å². The van der Waals surface area contributed by atoms with Crippen LogP contribution in [0, 0.1) is 10.1 Å². The van der Waals surface area contributed by atoms with Crippen molar-refractivity contribution in [2.45, 2.75) is 19.9 Å². The summed E-state index contributed by atoms with van der Waals surface area (Å²) in [6, 6.07) is -2.35. The normalized spacial score (nSPS) is 11.4. The van der Waals surface area contributed by atoms with Gasteiger partial charge in [0.2, 0.25) is 0 Å². The van der Waals surface area contributed by atoms with Gasteiger partial charge >= 0.3 is 23.8 Å². The number of ether oxygens (including phenoxy) is 2. The molecular weight excluding hydrogens is 222 g/mol. The van der Waals surface area contributed by atoms with Gasteiger partial charge < -0.3 is 9.47 Å². The summed E-state index contributed by atoms with van der Waals surface area (Å²) in [4.78, 5) is 42.4. The molecule has 90 valence electrons. The van der Waals surface area contributed by atoms with Crippen LogP contribution >= 0.6 is 0 Å². The molecule has 0 rings (SSSR count). The van der Waals surface area contributed by atoms with Crippen LogP contribution < -0.4 is 0 Å². The van der Waals surface area contributed by atoms with Crippen LogP contribution in [0.15, 0.2) is 0 Å². The highest BCUT2D eigenvalue weighted by atomic mass is 16.6. The monoisotopic (exact) mass is 233 g/mol. The molecule has 16 heavy (non-hydrogen) atoms. The van der Waals surface area contributed by atoms with Crippen LogP contribution in [0.5, 0.6) is 0 Å². The number of Topliss-reactive ketones (excluding diaryl/α,β-unsaturated/α-hetero) is 1. The first kappa shape index (κ1) is 14.0. The number of hydrogen-bond donors (Lipinski definition) is 0. The van der Waals surface area contributed by atoms with E-state index in [0.29, 0.717) is 0 Å². The van der Waals surface area contributed by atoms with Crippen LogP contribution in [0.3, 0.4) is 0 Å². The summed E-state index contributed by atoms with van der Waals surface area (Å²) in [7, 11) is 0. The average molecular weight is 233 g/mol. The zero-order chi connectivity index (χ0) is 12.7. The predicted molar refractivity (Wildman–Crippen MR) is 49.1 cm³/mol. The number of carbonyl (C=O) groups excluding carboxylic acids is 3. The molecule has 0 aliphatic heterocycles. The lowest BCUT2D eigenvalue weighted by Crippen LogP contribution is -2.43. The number of esters is 2. The van der Waals surface area contributed by atoms with E-state index < -0.39 is 28.7 Å². The minimum Gasteiger partial charge on any atom is -0.461 e. The molecule has 0 aliphatic rings. The molecule has 1 atom stereocenters. The van der Waals surface area contributed by atoms with Crippen molar-refractivity contribution < 1.29 is 28.8 Å². The Balaban J connectivity index is 4.79. The quantitative estimate of drug-likeness (QED) is 0.196. The SMILES string of the molecule is CCOC(=O)C(=O)C(C(=O)OCC)[N+](=O)[O-]. The number of hydrogen-bond acceptors (Lipinski definition) is 7. The summed E-state index contributed by atoms with van der Waals surface area (Å²) >= 11 is 0. The summed E-state index contributed by atoms with van der Waals surface area (Å²) in [5.74, 6) is -4.33. The molecule has 0 aliphatic carbocycles. The smallest absolute Gasteiger partial charge is 0.390 e. The van der Waals surface area contributed by atoms with E-state index in [9.17, 15) is 24.5 Å². The van der Waals surface area contributed by atoms with Gasteiger partial charge in [-0.2, -0.15) is 0 Å². The van der Waals surface area contributed by atoms with Gasteiger partial charge in [0.15, 0.2) is 0 Å². The molecule has 0 heterocycles. The summed E-state index contributed by atoms with van der Waals surface area (Å²) in [5.41, 5.74) is 0. The van der Waals surface area contributed by atoms with Gasteiger partial charge in [-0.1, -0.05) is 0 Å². The summed E-state index contributed by atoms with van der Waals surface area (Å²) in [5, 5.41) is 10.4. The molecule has 0 N–H and O–H groups in total. The van der Waals surface area contributed by atoms with Crippen LogP contribution in [-0.4, -0.2) is 41.9 Å². The Labute approximate surface area is 90.7 Å². The van der Waals surface area contributed by atoms with Gasteiger partial charge in [-0.25, -0.2) is 9.59 Å². The molecule has 0 radical (unpaired) electrons. The molecule has 0 bridgehead atoms. The van der Waals surface area contributed by atoms with Crippen molar-refractivity contribution in [3.8, 4) is 0 Å². The summed E-state index contributed by atoms with van der Waals surface area (Å²) < 4.78 is 8.57. The highest BCUT2D eigenvalue weighted by Crippen LogP contribution is 1.99. The standard InChI is InChI=1S/C8H11NO7/c1-3-15-7(11)5(9(13)14)6(10)8(12)16-4-2/h5H,3-4H2,1-2H3. The molecule has 0 aromatic carbocycles. The number of rotatable bonds is 6. The molecule has 0 aromatic heterocycles. The molecule has 0 amide bonds. The predicted octanol–water partition coefficient (Wildman–Crippen LogP) is -0.673. The molecular formula is C8H11NO7. The maximum absolute atomic E-state index is 11.2. The molecule has 0 saturated carbocycles. The lowest BCUT2D eigenvalue weighted by molar-refractivity contribution is -0.495. The molecule has 0 spiro atoms. The van der Waals surface area contributed by atoms with Crippen molar-refractivity contribution in [2.24, 2.45) is 0 Å². The third kappa shape index (κ3) is 3.64. The van der Waals surface area contributed by atoms with Crippen molar-refractivity contribution in [1.29, 1.82) is 0 Å². The second kappa shape index (κ2) is 6.49. The minimum absolute atomic E-state index is 0.113. The summed E-state index contributed by atoms with van der Waals surface area (Å²) in [6.45, 7) is 2.61. The van der Waals surface area contributed by atoms with Crippen molar-refractivity contribution >= 4 is 17.7 Å². The largest absolute Gasteiger partial charge is 0.461 e. The van der Waals surface area contributed by atoms with E-state index in [1.165, 1.54) is 13.8 Å². The number of carbonyl (C=O) groups is 3. The first-order valence-electron chi connectivity index (χ1n) is 4.46. The fraction of sp³-hybridized carbons (Fsp3) is 0.625. The zero-order valence-electron chi connectivity index (χ0n) is 8.80. The first-order chi connectivity index (χ1) is 7.45. The van der Waals surface area contributed by atoms with E-state index in [1.54, 1.807) is 0 Å². The Hall–Kier alpha value is -1.99. The molecule has 8 nitrogen and oxygen atoms in total. The molecule has 1 unspecified atom stereocenters. The molecule has 0 fully saturated rings. The second-order valence-electron chi connectivity index (χ2n) is 2.52. The third-order valence-electron chi connectivity index (χ3n) is 1.45. The van der Waals surface area contributed by atoms with Crippen LogP contribution in [0.2, 0.25) is 0 Å². The van der Waals surface area contributed by atoms with Gasteiger partial charge in [-0.15, -0.1) is 0 Å². The lowest BCUT2D eigenvalue weighted by atomic mass is 10.2. The maximum Gasteiger partial charge on any atom is 0.390 e. The highest BCUT2D eigenvalue weighted by molar-refractivity contribution is 6.39. The van der Waals surface area contributed by atoms with E-state index in [2.05, 4.69) is 9.47 Å². The lowest BCUT2D eigenvalue weighted by Gasteiger charge is -2.06. The maximum atomic E-state index is 11.2. The number of ketones is 1. The van der Waals surface area contributed by atoms with Gasteiger partial charge in [0.05, 0.1) is 13.2 Å². The van der Waals surface area contributed by atoms with Gasteiger partial charge in [0, 0.05) is 4.92 Å². The summed E-state index contributed by atoms with van der Waals surface area (Å²) in [6.07, 6.45) is 0. The Morgan fingerprint density at radius 3 is 2.06 bits per heavy atom. The van der Waals surface area contributed by atoms with Crippen molar-refractivity contribution in [2.75, 3.05) is 13.2 Å². The van der Waals surface area contributed by atoms with Crippen LogP contribution in [-0.2, 0) is 23.9 Å². The van der Waals surface area contributed by atoms with E-state index in [0.717, 1.165) is 0 Å². The Morgan fingerprint density at radius 2 is 1.69 bits per heavy atom. The highest BCUT2D eigenvalue weighted by Gasteiger charge is 2.44. The number of nitro groups is 1. The van der Waals surface area contributed by atoms with Crippen LogP contribution in [0.4, 0.5) is 0 Å².